The molecule has 1 saturated carbocycles. The minimum Gasteiger partial charge on any atom is -0.488 e. The van der Waals surface area contributed by atoms with Gasteiger partial charge in [0.15, 0.2) is 5.75 Å². The molecule has 1 heterocycles. The van der Waals surface area contributed by atoms with Crippen LogP contribution in [-0.2, 0) is 0 Å². The van der Waals surface area contributed by atoms with E-state index in [2.05, 4.69) is 11.9 Å². The molecule has 4 heteroatoms. The Labute approximate surface area is 102 Å². The van der Waals surface area contributed by atoms with E-state index >= 15 is 0 Å². The van der Waals surface area contributed by atoms with E-state index < -0.39 is 0 Å². The Balaban J connectivity index is 1.91. The van der Waals surface area contributed by atoms with E-state index in [1.165, 1.54) is 0 Å². The van der Waals surface area contributed by atoms with Crippen LogP contribution in [0.1, 0.15) is 26.2 Å². The first-order valence-corrected chi connectivity index (χ1v) is 6.28. The Morgan fingerprint density at radius 1 is 1.47 bits per heavy atom. The molecule has 2 rings (SSSR count). The van der Waals surface area contributed by atoms with Crippen molar-refractivity contribution in [3.8, 4) is 11.6 Å². The Morgan fingerprint density at radius 2 is 2.29 bits per heavy atom. The van der Waals surface area contributed by atoms with Gasteiger partial charge in [-0.15, -0.1) is 0 Å². The zero-order valence-electron chi connectivity index (χ0n) is 10.3. The summed E-state index contributed by atoms with van der Waals surface area (Å²) in [7, 11) is 0. The maximum absolute atomic E-state index is 5.82. The first-order valence-electron chi connectivity index (χ1n) is 6.28. The smallest absolute Gasteiger partial charge is 0.257 e. The van der Waals surface area contributed by atoms with Crippen LogP contribution >= 0.6 is 0 Å². The molecule has 17 heavy (non-hydrogen) atoms. The molecule has 0 aromatic carbocycles. The zero-order chi connectivity index (χ0) is 12.1. The van der Waals surface area contributed by atoms with Gasteiger partial charge in [0, 0.05) is 6.20 Å². The molecule has 1 aliphatic rings. The van der Waals surface area contributed by atoms with Crippen LogP contribution < -0.4 is 15.2 Å². The van der Waals surface area contributed by atoms with Gasteiger partial charge in [-0.05, 0) is 43.9 Å². The summed E-state index contributed by atoms with van der Waals surface area (Å²) in [5, 5.41) is 0. The molecule has 2 N–H and O–H groups in total. The maximum atomic E-state index is 5.82. The van der Waals surface area contributed by atoms with Crippen LogP contribution in [0.4, 0.5) is 0 Å². The molecule has 0 saturated heterocycles. The molecule has 1 aliphatic carbocycles. The van der Waals surface area contributed by atoms with Crippen molar-refractivity contribution in [3.05, 3.63) is 18.3 Å². The molecular weight excluding hydrogens is 216 g/mol. The Hall–Kier alpha value is -1.29. The first-order chi connectivity index (χ1) is 8.33. The van der Waals surface area contributed by atoms with Crippen molar-refractivity contribution in [2.75, 3.05) is 13.2 Å². The van der Waals surface area contributed by atoms with Gasteiger partial charge in [0.1, 0.15) is 6.10 Å². The SMILES string of the molecule is CCCOc1cccnc1OC1CC(CN)C1. The lowest BCUT2D eigenvalue weighted by atomic mass is 9.82. The van der Waals surface area contributed by atoms with Gasteiger partial charge in [-0.2, -0.15) is 0 Å². The van der Waals surface area contributed by atoms with Crippen LogP contribution in [0.2, 0.25) is 0 Å². The number of hydrogen-bond acceptors (Lipinski definition) is 4. The van der Waals surface area contributed by atoms with Crippen molar-refractivity contribution in [1.29, 1.82) is 0 Å². The second kappa shape index (κ2) is 5.87. The number of ether oxygens (including phenoxy) is 2. The van der Waals surface area contributed by atoms with Crippen molar-refractivity contribution in [3.63, 3.8) is 0 Å². The van der Waals surface area contributed by atoms with Gasteiger partial charge >= 0.3 is 0 Å². The van der Waals surface area contributed by atoms with E-state index in [1.54, 1.807) is 6.20 Å². The molecule has 0 aliphatic heterocycles. The summed E-state index contributed by atoms with van der Waals surface area (Å²) in [5.41, 5.74) is 5.59. The van der Waals surface area contributed by atoms with E-state index in [-0.39, 0.29) is 6.10 Å². The highest BCUT2D eigenvalue weighted by Gasteiger charge is 2.30. The lowest BCUT2D eigenvalue weighted by Crippen LogP contribution is -2.38. The van der Waals surface area contributed by atoms with Crippen LogP contribution in [0.15, 0.2) is 18.3 Å². The monoisotopic (exact) mass is 236 g/mol. The minimum absolute atomic E-state index is 0.252. The lowest BCUT2D eigenvalue weighted by molar-refractivity contribution is 0.0612. The highest BCUT2D eigenvalue weighted by molar-refractivity contribution is 5.32. The van der Waals surface area contributed by atoms with Gasteiger partial charge in [0.05, 0.1) is 6.61 Å². The van der Waals surface area contributed by atoms with Crippen LogP contribution in [0, 0.1) is 5.92 Å². The fourth-order valence-electron chi connectivity index (χ4n) is 1.91. The molecule has 0 spiro atoms. The van der Waals surface area contributed by atoms with Crippen LogP contribution in [-0.4, -0.2) is 24.2 Å². The molecule has 1 aromatic heterocycles. The highest BCUT2D eigenvalue weighted by Crippen LogP contribution is 2.33. The second-order valence-corrected chi connectivity index (χ2v) is 4.47. The molecule has 0 unspecified atom stereocenters. The molecule has 1 fully saturated rings. The summed E-state index contributed by atoms with van der Waals surface area (Å²) < 4.78 is 11.4. The Kier molecular flexibility index (Phi) is 4.20. The topological polar surface area (TPSA) is 57.4 Å². The second-order valence-electron chi connectivity index (χ2n) is 4.47. The van der Waals surface area contributed by atoms with Crippen LogP contribution in [0.3, 0.4) is 0 Å². The summed E-state index contributed by atoms with van der Waals surface area (Å²) in [5.74, 6) is 1.97. The quantitative estimate of drug-likeness (QED) is 0.820. The van der Waals surface area contributed by atoms with Crippen molar-refractivity contribution in [1.82, 2.24) is 4.98 Å². The molecule has 0 amide bonds. The number of nitrogens with zero attached hydrogens (tertiary/aromatic N) is 1. The van der Waals surface area contributed by atoms with E-state index in [0.29, 0.717) is 18.4 Å². The summed E-state index contributed by atoms with van der Waals surface area (Å²) in [6, 6.07) is 3.76. The van der Waals surface area contributed by atoms with Crippen molar-refractivity contribution in [2.45, 2.75) is 32.3 Å². The maximum Gasteiger partial charge on any atom is 0.257 e. The van der Waals surface area contributed by atoms with E-state index in [1.807, 2.05) is 12.1 Å². The van der Waals surface area contributed by atoms with E-state index in [0.717, 1.165) is 31.6 Å². The van der Waals surface area contributed by atoms with Crippen molar-refractivity contribution >= 4 is 0 Å². The van der Waals surface area contributed by atoms with Gasteiger partial charge in [-0.3, -0.25) is 0 Å². The third kappa shape index (κ3) is 3.09. The largest absolute Gasteiger partial charge is 0.488 e. The number of hydrogen-bond donors (Lipinski definition) is 1. The molecule has 4 nitrogen and oxygen atoms in total. The fraction of sp³-hybridized carbons (Fsp3) is 0.615. The third-order valence-corrected chi connectivity index (χ3v) is 3.00. The van der Waals surface area contributed by atoms with Gasteiger partial charge in [0.25, 0.3) is 5.88 Å². The summed E-state index contributed by atoms with van der Waals surface area (Å²) in [4.78, 5) is 4.23. The van der Waals surface area contributed by atoms with Crippen LogP contribution in [0.25, 0.3) is 0 Å². The molecular formula is C13H20N2O2. The van der Waals surface area contributed by atoms with Crippen LogP contribution in [0.5, 0.6) is 11.6 Å². The Morgan fingerprint density at radius 3 is 3.00 bits per heavy atom. The van der Waals surface area contributed by atoms with Gasteiger partial charge < -0.3 is 15.2 Å². The lowest BCUT2D eigenvalue weighted by Gasteiger charge is -2.34. The third-order valence-electron chi connectivity index (χ3n) is 3.00. The predicted molar refractivity (Wildman–Crippen MR) is 66.2 cm³/mol. The zero-order valence-corrected chi connectivity index (χ0v) is 10.3. The predicted octanol–water partition coefficient (Wildman–Crippen LogP) is 1.99. The molecule has 0 atom stereocenters. The molecule has 0 radical (unpaired) electrons. The first kappa shape index (κ1) is 12.2. The van der Waals surface area contributed by atoms with E-state index in [9.17, 15) is 0 Å². The summed E-state index contributed by atoms with van der Waals surface area (Å²) in [6.45, 7) is 3.52. The van der Waals surface area contributed by atoms with Gasteiger partial charge in [-0.25, -0.2) is 4.98 Å². The summed E-state index contributed by atoms with van der Waals surface area (Å²) in [6.07, 6.45) is 5.02. The van der Waals surface area contributed by atoms with Crippen molar-refractivity contribution < 1.29 is 9.47 Å². The molecule has 0 bridgehead atoms. The number of pyridine rings is 1. The summed E-state index contributed by atoms with van der Waals surface area (Å²) >= 11 is 0. The normalized spacial score (nSPS) is 22.9. The average molecular weight is 236 g/mol. The Bertz CT molecular complexity index is 351. The number of rotatable bonds is 6. The highest BCUT2D eigenvalue weighted by atomic mass is 16.5. The average Bonchev–Trinajstić information content (AvgIpc) is 2.31. The number of aromatic nitrogens is 1. The number of nitrogens with two attached hydrogens (primary N) is 1. The molecule has 1 aromatic rings. The van der Waals surface area contributed by atoms with Gasteiger partial charge in [0.2, 0.25) is 0 Å². The van der Waals surface area contributed by atoms with Crippen molar-refractivity contribution in [2.24, 2.45) is 11.7 Å². The standard InChI is InChI=1S/C13H20N2O2/c1-2-6-16-12-4-3-5-15-13(12)17-11-7-10(8-11)9-14/h3-5,10-11H,2,6-9,14H2,1H3. The molecule has 94 valence electrons. The minimum atomic E-state index is 0.252. The van der Waals surface area contributed by atoms with E-state index in [4.69, 9.17) is 15.2 Å². The fourth-order valence-corrected chi connectivity index (χ4v) is 1.91. The van der Waals surface area contributed by atoms with Gasteiger partial charge in [-0.1, -0.05) is 6.92 Å².